The number of anilines is 1. The van der Waals surface area contributed by atoms with E-state index in [9.17, 15) is 12.8 Å². The van der Waals surface area contributed by atoms with Gasteiger partial charge in [-0.25, -0.2) is 12.8 Å². The summed E-state index contributed by atoms with van der Waals surface area (Å²) in [4.78, 5) is -0.461. The van der Waals surface area contributed by atoms with Gasteiger partial charge in [0, 0.05) is 23.9 Å². The lowest BCUT2D eigenvalue weighted by molar-refractivity contribution is 0.392. The van der Waals surface area contributed by atoms with Crippen molar-refractivity contribution >= 4 is 39.1 Å². The molecule has 0 aromatic heterocycles. The van der Waals surface area contributed by atoms with Crippen molar-refractivity contribution in [2.45, 2.75) is 17.4 Å². The molecule has 1 aliphatic heterocycles. The van der Waals surface area contributed by atoms with Gasteiger partial charge in [-0.1, -0.05) is 11.6 Å². The van der Waals surface area contributed by atoms with E-state index in [0.29, 0.717) is 5.75 Å². The largest absolute Gasteiger partial charge is 0.396 e. The van der Waals surface area contributed by atoms with E-state index in [1.807, 2.05) is 0 Å². The average molecular weight is 325 g/mol. The fourth-order valence-corrected chi connectivity index (χ4v) is 5.09. The number of benzene rings is 1. The molecule has 1 aromatic carbocycles. The fraction of sp³-hybridized carbons (Fsp3) is 0.455. The van der Waals surface area contributed by atoms with E-state index in [1.165, 1.54) is 17.4 Å². The van der Waals surface area contributed by atoms with E-state index in [4.69, 9.17) is 17.3 Å². The summed E-state index contributed by atoms with van der Waals surface area (Å²) in [6.45, 7) is 0. The number of sulfonamides is 1. The minimum absolute atomic E-state index is 0.103. The van der Waals surface area contributed by atoms with Gasteiger partial charge in [-0.2, -0.15) is 16.1 Å². The van der Waals surface area contributed by atoms with E-state index in [0.717, 1.165) is 18.2 Å². The molecule has 1 fully saturated rings. The molecule has 0 aliphatic carbocycles. The van der Waals surface area contributed by atoms with Crippen LogP contribution in [0.3, 0.4) is 0 Å². The van der Waals surface area contributed by atoms with Crippen LogP contribution in [0.15, 0.2) is 17.0 Å². The number of halogens is 2. The van der Waals surface area contributed by atoms with E-state index >= 15 is 0 Å². The Kier molecular flexibility index (Phi) is 4.29. The van der Waals surface area contributed by atoms with Crippen molar-refractivity contribution in [2.24, 2.45) is 0 Å². The summed E-state index contributed by atoms with van der Waals surface area (Å²) in [5.41, 5.74) is 5.16. The molecule has 0 amide bonds. The molecule has 0 radical (unpaired) electrons. The van der Waals surface area contributed by atoms with Gasteiger partial charge in [0.2, 0.25) is 10.0 Å². The van der Waals surface area contributed by atoms with Crippen molar-refractivity contribution in [3.8, 4) is 0 Å². The number of rotatable bonds is 3. The Morgan fingerprint density at radius 1 is 1.53 bits per heavy atom. The SMILES string of the molecule is CN(C1CCSC1)S(=O)(=O)c1cc(Cl)cc(N)c1F. The van der Waals surface area contributed by atoms with Crippen LogP contribution < -0.4 is 5.73 Å². The highest BCUT2D eigenvalue weighted by Crippen LogP contribution is 2.30. The maximum Gasteiger partial charge on any atom is 0.246 e. The third-order valence-corrected chi connectivity index (χ3v) is 6.38. The topological polar surface area (TPSA) is 63.4 Å². The molecule has 1 aliphatic rings. The molecular weight excluding hydrogens is 311 g/mol. The molecule has 0 spiro atoms. The second kappa shape index (κ2) is 5.47. The highest BCUT2D eigenvalue weighted by molar-refractivity contribution is 7.99. The summed E-state index contributed by atoms with van der Waals surface area (Å²) in [6, 6.07) is 2.18. The van der Waals surface area contributed by atoms with E-state index in [-0.39, 0.29) is 16.8 Å². The van der Waals surface area contributed by atoms with Gasteiger partial charge in [-0.3, -0.25) is 0 Å². The third kappa shape index (κ3) is 2.84. The third-order valence-electron chi connectivity index (χ3n) is 3.11. The minimum atomic E-state index is -3.92. The Hall–Kier alpha value is -0.500. The van der Waals surface area contributed by atoms with E-state index < -0.39 is 20.7 Å². The molecule has 106 valence electrons. The van der Waals surface area contributed by atoms with Crippen molar-refractivity contribution in [3.05, 3.63) is 23.0 Å². The molecule has 19 heavy (non-hydrogen) atoms. The van der Waals surface area contributed by atoms with Gasteiger partial charge in [0.15, 0.2) is 5.82 Å². The summed E-state index contributed by atoms with van der Waals surface area (Å²) < 4.78 is 40.0. The standard InChI is InChI=1S/C11H14ClFN2O2S2/c1-15(8-2-3-18-6-8)19(16,17)10-5-7(12)4-9(14)11(10)13/h4-5,8H,2-3,6,14H2,1H3. The summed E-state index contributed by atoms with van der Waals surface area (Å²) in [5, 5.41) is 0.103. The molecular formula is C11H14ClFN2O2S2. The van der Waals surface area contributed by atoms with Crippen LogP contribution in [0, 0.1) is 5.82 Å². The molecule has 2 rings (SSSR count). The van der Waals surface area contributed by atoms with Crippen LogP contribution in [0.4, 0.5) is 10.1 Å². The van der Waals surface area contributed by atoms with Gasteiger partial charge in [0.25, 0.3) is 0 Å². The number of nitrogens with two attached hydrogens (primary N) is 1. The molecule has 1 saturated heterocycles. The Balaban J connectivity index is 2.44. The molecule has 1 unspecified atom stereocenters. The van der Waals surface area contributed by atoms with Gasteiger partial charge >= 0.3 is 0 Å². The molecule has 2 N–H and O–H groups in total. The first-order valence-electron chi connectivity index (χ1n) is 5.64. The molecule has 1 heterocycles. The van der Waals surface area contributed by atoms with Gasteiger partial charge in [0.1, 0.15) is 4.90 Å². The average Bonchev–Trinajstić information content (AvgIpc) is 2.86. The van der Waals surface area contributed by atoms with Crippen molar-refractivity contribution < 1.29 is 12.8 Å². The molecule has 1 aromatic rings. The summed E-state index contributed by atoms with van der Waals surface area (Å²) in [7, 11) is -2.46. The highest BCUT2D eigenvalue weighted by Gasteiger charge is 2.33. The number of thioether (sulfide) groups is 1. The lowest BCUT2D eigenvalue weighted by Gasteiger charge is -2.23. The van der Waals surface area contributed by atoms with E-state index in [1.54, 1.807) is 11.8 Å². The lowest BCUT2D eigenvalue weighted by Crippen LogP contribution is -2.37. The molecule has 0 saturated carbocycles. The maximum absolute atomic E-state index is 13.9. The smallest absolute Gasteiger partial charge is 0.246 e. The monoisotopic (exact) mass is 324 g/mol. The van der Waals surface area contributed by atoms with Crippen LogP contribution in [0.1, 0.15) is 6.42 Å². The Labute approximate surface area is 121 Å². The first-order valence-corrected chi connectivity index (χ1v) is 8.61. The van der Waals surface area contributed by atoms with E-state index in [2.05, 4.69) is 0 Å². The number of hydrogen-bond acceptors (Lipinski definition) is 4. The van der Waals surface area contributed by atoms with Crippen LogP contribution in [-0.2, 0) is 10.0 Å². The predicted molar refractivity (Wildman–Crippen MR) is 76.5 cm³/mol. The highest BCUT2D eigenvalue weighted by atomic mass is 35.5. The Bertz CT molecular complexity index is 589. The second-order valence-electron chi connectivity index (χ2n) is 4.35. The normalized spacial score (nSPS) is 20.1. The zero-order valence-electron chi connectivity index (χ0n) is 10.3. The molecule has 8 heteroatoms. The van der Waals surface area contributed by atoms with Crippen molar-refractivity contribution in [2.75, 3.05) is 24.3 Å². The van der Waals surface area contributed by atoms with Crippen LogP contribution >= 0.6 is 23.4 Å². The number of nitrogens with zero attached hydrogens (tertiary/aromatic N) is 1. The second-order valence-corrected chi connectivity index (χ2v) is 7.90. The first-order chi connectivity index (χ1) is 8.84. The molecule has 1 atom stereocenters. The van der Waals surface area contributed by atoms with Crippen LogP contribution in [0.5, 0.6) is 0 Å². The zero-order valence-corrected chi connectivity index (χ0v) is 12.7. The van der Waals surface area contributed by atoms with Crippen molar-refractivity contribution in [3.63, 3.8) is 0 Å². The van der Waals surface area contributed by atoms with Gasteiger partial charge in [0.05, 0.1) is 5.69 Å². The zero-order chi connectivity index (χ0) is 14.2. The Morgan fingerprint density at radius 2 is 2.21 bits per heavy atom. The Morgan fingerprint density at radius 3 is 2.79 bits per heavy atom. The van der Waals surface area contributed by atoms with Crippen LogP contribution in [-0.4, -0.2) is 37.3 Å². The molecule has 4 nitrogen and oxygen atoms in total. The van der Waals surface area contributed by atoms with Crippen molar-refractivity contribution in [1.82, 2.24) is 4.31 Å². The minimum Gasteiger partial charge on any atom is -0.396 e. The molecule has 0 bridgehead atoms. The fourth-order valence-electron chi connectivity index (χ4n) is 1.93. The number of hydrogen-bond donors (Lipinski definition) is 1. The maximum atomic E-state index is 13.9. The summed E-state index contributed by atoms with van der Waals surface area (Å²) >= 11 is 7.44. The van der Waals surface area contributed by atoms with Crippen molar-refractivity contribution in [1.29, 1.82) is 0 Å². The predicted octanol–water partition coefficient (Wildman–Crippen LogP) is 2.19. The van der Waals surface area contributed by atoms with Gasteiger partial charge in [-0.15, -0.1) is 0 Å². The van der Waals surface area contributed by atoms with Crippen LogP contribution in [0.2, 0.25) is 5.02 Å². The van der Waals surface area contributed by atoms with Gasteiger partial charge in [-0.05, 0) is 24.3 Å². The summed E-state index contributed by atoms with van der Waals surface area (Å²) in [5.74, 6) is 0.680. The first kappa shape index (κ1) is 14.9. The summed E-state index contributed by atoms with van der Waals surface area (Å²) in [6.07, 6.45) is 0.762. The van der Waals surface area contributed by atoms with Gasteiger partial charge < -0.3 is 5.73 Å². The lowest BCUT2D eigenvalue weighted by atomic mass is 10.3. The number of nitrogen functional groups attached to an aromatic ring is 1. The quantitative estimate of drug-likeness (QED) is 0.866. The van der Waals surface area contributed by atoms with Crippen LogP contribution in [0.25, 0.3) is 0 Å².